The first kappa shape index (κ1) is 21.8. The number of imidazole rings is 1. The number of hydrogen-bond donors (Lipinski definition) is 2. The summed E-state index contributed by atoms with van der Waals surface area (Å²) in [6.07, 6.45) is 3.51. The summed E-state index contributed by atoms with van der Waals surface area (Å²) in [5.74, 6) is 0.0211. The lowest BCUT2D eigenvalue weighted by molar-refractivity contribution is 0.0940. The number of H-pyrrole nitrogens is 1. The van der Waals surface area contributed by atoms with Crippen molar-refractivity contribution in [3.63, 3.8) is 0 Å². The van der Waals surface area contributed by atoms with Crippen LogP contribution in [0.15, 0.2) is 85.2 Å². The summed E-state index contributed by atoms with van der Waals surface area (Å²) in [6.45, 7) is 1.84. The standard InChI is InChI=1S/C27H20ClFN4O/c1-16(17-6-8-23(29)9-7-17)32-27(34)21-10-20(11-22(28)12-21)25-15-31-26(33-25)24-13-18-4-2-3-5-19(18)14-30-24/h2-16H,1H3,(H,31,33)(H,32,34)/t16-/m1/s1. The van der Waals surface area contributed by atoms with Crippen LogP contribution in [-0.4, -0.2) is 20.9 Å². The third kappa shape index (κ3) is 4.54. The van der Waals surface area contributed by atoms with Gasteiger partial charge in [0, 0.05) is 27.7 Å². The zero-order valence-electron chi connectivity index (χ0n) is 18.2. The molecule has 168 valence electrons. The van der Waals surface area contributed by atoms with Crippen LogP contribution < -0.4 is 5.32 Å². The number of fused-ring (bicyclic) bond motifs is 1. The molecule has 0 saturated carbocycles. The second-order valence-corrected chi connectivity index (χ2v) is 8.47. The smallest absolute Gasteiger partial charge is 0.251 e. The molecule has 2 heterocycles. The molecular formula is C27H20ClFN4O. The van der Waals surface area contributed by atoms with Crippen molar-refractivity contribution < 1.29 is 9.18 Å². The fourth-order valence-electron chi connectivity index (χ4n) is 3.80. The molecule has 0 aliphatic carbocycles. The highest BCUT2D eigenvalue weighted by Crippen LogP contribution is 2.27. The third-order valence-electron chi connectivity index (χ3n) is 5.64. The molecule has 0 aliphatic rings. The molecule has 5 nitrogen and oxygen atoms in total. The summed E-state index contributed by atoms with van der Waals surface area (Å²) < 4.78 is 13.2. The SMILES string of the molecule is C[C@@H](NC(=O)c1cc(Cl)cc(-c2cnc(-c3cc4ccccc4cn3)[nH]2)c1)c1ccc(F)cc1. The van der Waals surface area contributed by atoms with Crippen molar-refractivity contribution in [3.8, 4) is 22.8 Å². The fourth-order valence-corrected chi connectivity index (χ4v) is 4.04. The van der Waals surface area contributed by atoms with Crippen LogP contribution in [0.25, 0.3) is 33.5 Å². The van der Waals surface area contributed by atoms with E-state index in [-0.39, 0.29) is 17.8 Å². The molecule has 5 aromatic rings. The number of carbonyl (C=O) groups is 1. The van der Waals surface area contributed by atoms with Crippen molar-refractivity contribution in [1.82, 2.24) is 20.3 Å². The predicted molar refractivity (Wildman–Crippen MR) is 132 cm³/mol. The van der Waals surface area contributed by atoms with Gasteiger partial charge in [-0.1, -0.05) is 48.0 Å². The second kappa shape index (κ2) is 9.08. The zero-order valence-corrected chi connectivity index (χ0v) is 19.0. The highest BCUT2D eigenvalue weighted by molar-refractivity contribution is 6.31. The first-order valence-corrected chi connectivity index (χ1v) is 11.1. The molecule has 0 fully saturated rings. The van der Waals surface area contributed by atoms with Crippen LogP contribution in [0.5, 0.6) is 0 Å². The van der Waals surface area contributed by atoms with Crippen LogP contribution in [0.3, 0.4) is 0 Å². The number of pyridine rings is 1. The number of hydrogen-bond acceptors (Lipinski definition) is 3. The first-order valence-electron chi connectivity index (χ1n) is 10.7. The van der Waals surface area contributed by atoms with Crippen molar-refractivity contribution >= 4 is 28.3 Å². The van der Waals surface area contributed by atoms with E-state index in [2.05, 4.69) is 20.3 Å². The molecule has 34 heavy (non-hydrogen) atoms. The van der Waals surface area contributed by atoms with Crippen molar-refractivity contribution in [1.29, 1.82) is 0 Å². The van der Waals surface area contributed by atoms with E-state index in [9.17, 15) is 9.18 Å². The Morgan fingerprint density at radius 1 is 0.971 bits per heavy atom. The average molecular weight is 471 g/mol. The van der Waals surface area contributed by atoms with Gasteiger partial charge in [-0.15, -0.1) is 0 Å². The van der Waals surface area contributed by atoms with Gasteiger partial charge in [-0.3, -0.25) is 9.78 Å². The summed E-state index contributed by atoms with van der Waals surface area (Å²) in [5, 5.41) is 5.48. The van der Waals surface area contributed by atoms with E-state index in [1.165, 1.54) is 12.1 Å². The number of nitrogens with zero attached hydrogens (tertiary/aromatic N) is 2. The summed E-state index contributed by atoms with van der Waals surface area (Å²) in [4.78, 5) is 25.2. The van der Waals surface area contributed by atoms with E-state index in [1.807, 2.05) is 43.5 Å². The van der Waals surface area contributed by atoms with Gasteiger partial charge in [0.25, 0.3) is 5.91 Å². The minimum absolute atomic E-state index is 0.281. The Bertz CT molecular complexity index is 1500. The fraction of sp³-hybridized carbons (Fsp3) is 0.0741. The number of benzene rings is 3. The van der Waals surface area contributed by atoms with Gasteiger partial charge in [-0.25, -0.2) is 9.37 Å². The van der Waals surface area contributed by atoms with E-state index < -0.39 is 0 Å². The van der Waals surface area contributed by atoms with E-state index >= 15 is 0 Å². The Kier molecular flexibility index (Phi) is 5.82. The number of carbonyl (C=O) groups excluding carboxylic acids is 1. The quantitative estimate of drug-likeness (QED) is 0.305. The van der Waals surface area contributed by atoms with E-state index in [0.717, 1.165) is 27.6 Å². The molecule has 0 radical (unpaired) electrons. The maximum absolute atomic E-state index is 13.2. The van der Waals surface area contributed by atoms with Gasteiger partial charge in [0.15, 0.2) is 5.82 Å². The maximum Gasteiger partial charge on any atom is 0.251 e. The van der Waals surface area contributed by atoms with Crippen LogP contribution in [0, 0.1) is 5.82 Å². The molecule has 1 amide bonds. The van der Waals surface area contributed by atoms with Crippen molar-refractivity contribution in [2.75, 3.05) is 0 Å². The largest absolute Gasteiger partial charge is 0.346 e. The summed E-state index contributed by atoms with van der Waals surface area (Å²) in [6, 6.07) is 20.8. The first-order chi connectivity index (χ1) is 16.5. The van der Waals surface area contributed by atoms with Gasteiger partial charge in [0.2, 0.25) is 0 Å². The number of rotatable bonds is 5. The Labute approximate surface area is 200 Å². The normalized spacial score (nSPS) is 12.0. The van der Waals surface area contributed by atoms with Gasteiger partial charge in [-0.2, -0.15) is 0 Å². The lowest BCUT2D eigenvalue weighted by atomic mass is 10.1. The minimum atomic E-state index is -0.320. The Balaban J connectivity index is 1.39. The number of halogens is 2. The van der Waals surface area contributed by atoms with Crippen LogP contribution in [0.4, 0.5) is 4.39 Å². The Hall–Kier alpha value is -4.03. The van der Waals surface area contributed by atoms with Crippen molar-refractivity contribution in [3.05, 3.63) is 107 Å². The third-order valence-corrected chi connectivity index (χ3v) is 5.86. The number of nitrogens with one attached hydrogen (secondary N) is 2. The summed E-state index contributed by atoms with van der Waals surface area (Å²) in [5.41, 5.74) is 3.38. The van der Waals surface area contributed by atoms with Gasteiger partial charge >= 0.3 is 0 Å². The molecule has 0 saturated heterocycles. The molecule has 7 heteroatoms. The van der Waals surface area contributed by atoms with Crippen LogP contribution in [0.2, 0.25) is 5.02 Å². The summed E-state index contributed by atoms with van der Waals surface area (Å²) >= 11 is 6.34. The van der Waals surface area contributed by atoms with Gasteiger partial charge in [0.05, 0.1) is 17.9 Å². The molecule has 3 aromatic carbocycles. The predicted octanol–water partition coefficient (Wildman–Crippen LogP) is 6.58. The topological polar surface area (TPSA) is 70.7 Å². The van der Waals surface area contributed by atoms with E-state index in [0.29, 0.717) is 22.1 Å². The molecule has 1 atom stereocenters. The second-order valence-electron chi connectivity index (χ2n) is 8.04. The van der Waals surface area contributed by atoms with Crippen molar-refractivity contribution in [2.24, 2.45) is 0 Å². The number of aromatic amines is 1. The number of amides is 1. The maximum atomic E-state index is 13.2. The molecule has 5 rings (SSSR count). The molecule has 0 spiro atoms. The van der Waals surface area contributed by atoms with Crippen LogP contribution >= 0.6 is 11.6 Å². The average Bonchev–Trinajstić information content (AvgIpc) is 3.34. The van der Waals surface area contributed by atoms with Gasteiger partial charge in [0.1, 0.15) is 11.5 Å². The summed E-state index contributed by atoms with van der Waals surface area (Å²) in [7, 11) is 0. The van der Waals surface area contributed by atoms with Gasteiger partial charge in [-0.05, 0) is 54.3 Å². The monoisotopic (exact) mass is 470 g/mol. The van der Waals surface area contributed by atoms with Gasteiger partial charge < -0.3 is 10.3 Å². The molecule has 0 unspecified atom stereocenters. The molecule has 2 N–H and O–H groups in total. The molecule has 2 aromatic heterocycles. The highest BCUT2D eigenvalue weighted by atomic mass is 35.5. The highest BCUT2D eigenvalue weighted by Gasteiger charge is 2.15. The lowest BCUT2D eigenvalue weighted by Gasteiger charge is -2.15. The van der Waals surface area contributed by atoms with E-state index in [4.69, 9.17) is 11.6 Å². The molecule has 0 bridgehead atoms. The Morgan fingerprint density at radius 2 is 1.74 bits per heavy atom. The molecular weight excluding hydrogens is 451 g/mol. The van der Waals surface area contributed by atoms with Crippen LogP contribution in [0.1, 0.15) is 28.9 Å². The number of aromatic nitrogens is 3. The minimum Gasteiger partial charge on any atom is -0.346 e. The Morgan fingerprint density at radius 3 is 2.53 bits per heavy atom. The zero-order chi connectivity index (χ0) is 23.7. The van der Waals surface area contributed by atoms with Crippen molar-refractivity contribution in [2.45, 2.75) is 13.0 Å². The van der Waals surface area contributed by atoms with E-state index in [1.54, 1.807) is 36.5 Å². The van der Waals surface area contributed by atoms with Crippen LogP contribution in [-0.2, 0) is 0 Å². The lowest BCUT2D eigenvalue weighted by Crippen LogP contribution is -2.26. The molecule has 0 aliphatic heterocycles.